The molecule has 4 heterocycles. The molecule has 2 atom stereocenters. The molecule has 2 fully saturated rings. The van der Waals surface area contributed by atoms with Crippen molar-refractivity contribution in [3.05, 3.63) is 48.7 Å². The van der Waals surface area contributed by atoms with Gasteiger partial charge in [0.15, 0.2) is 0 Å². The van der Waals surface area contributed by atoms with E-state index in [0.29, 0.717) is 18.5 Å². The maximum atomic E-state index is 11.9. The molecule has 2 N–H and O–H groups in total. The molecule has 1 aromatic rings. The molecular weight excluding hydrogens is 288 g/mol. The van der Waals surface area contributed by atoms with Crippen LogP contribution in [0.1, 0.15) is 18.5 Å². The number of anilines is 2. The van der Waals surface area contributed by atoms with Crippen molar-refractivity contribution in [2.24, 2.45) is 0 Å². The van der Waals surface area contributed by atoms with Crippen LogP contribution in [-0.4, -0.2) is 36.1 Å². The normalized spacial score (nSPS) is 27.6. The third-order valence-corrected chi connectivity index (χ3v) is 4.71. The summed E-state index contributed by atoms with van der Waals surface area (Å²) in [4.78, 5) is 19.1. The van der Waals surface area contributed by atoms with Gasteiger partial charge in [-0.15, -0.1) is 0 Å². The number of nitrogens with one attached hydrogen (secondary N) is 2. The summed E-state index contributed by atoms with van der Waals surface area (Å²) in [6.07, 6.45) is 8.99. The highest BCUT2D eigenvalue weighted by Crippen LogP contribution is 2.34. The number of hydrogen-bond acceptors (Lipinski definition) is 4. The zero-order chi connectivity index (χ0) is 15.8. The molecule has 5 heteroatoms. The van der Waals surface area contributed by atoms with Crippen molar-refractivity contribution in [2.75, 3.05) is 23.3 Å². The first-order chi connectivity index (χ1) is 11.2. The second-order valence-corrected chi connectivity index (χ2v) is 6.25. The first kappa shape index (κ1) is 14.2. The molecule has 23 heavy (non-hydrogen) atoms. The van der Waals surface area contributed by atoms with E-state index in [-0.39, 0.29) is 5.91 Å². The molecule has 0 spiro atoms. The van der Waals surface area contributed by atoms with Gasteiger partial charge < -0.3 is 15.5 Å². The molecule has 4 rings (SSSR count). The summed E-state index contributed by atoms with van der Waals surface area (Å²) in [5, 5.41) is 6.43. The van der Waals surface area contributed by atoms with E-state index in [2.05, 4.69) is 22.1 Å². The molecule has 2 unspecified atom stereocenters. The third kappa shape index (κ3) is 2.57. The van der Waals surface area contributed by atoms with Gasteiger partial charge in [0.05, 0.1) is 17.8 Å². The predicted octanol–water partition coefficient (Wildman–Crippen LogP) is 2.10. The van der Waals surface area contributed by atoms with E-state index in [1.165, 1.54) is 6.42 Å². The summed E-state index contributed by atoms with van der Waals surface area (Å²) in [6, 6.07) is 5.11. The highest BCUT2D eigenvalue weighted by atomic mass is 16.1. The van der Waals surface area contributed by atoms with Crippen molar-refractivity contribution in [2.45, 2.75) is 24.9 Å². The fraction of sp³-hybridized carbons (Fsp3) is 0.333. The van der Waals surface area contributed by atoms with Gasteiger partial charge in [0.25, 0.3) is 0 Å². The van der Waals surface area contributed by atoms with Crippen LogP contribution in [0, 0.1) is 0 Å². The van der Waals surface area contributed by atoms with E-state index in [1.807, 2.05) is 30.4 Å². The topological polar surface area (TPSA) is 57.3 Å². The monoisotopic (exact) mass is 308 g/mol. The second-order valence-electron chi connectivity index (χ2n) is 6.25. The average Bonchev–Trinajstić information content (AvgIpc) is 3.17. The number of nitrogens with zero attached hydrogens (tertiary/aromatic N) is 2. The number of allylic oxidation sites excluding steroid dienone is 4. The zero-order valence-corrected chi connectivity index (χ0v) is 13.0. The molecule has 2 bridgehead atoms. The van der Waals surface area contributed by atoms with Gasteiger partial charge in [-0.25, -0.2) is 4.98 Å². The standard InChI is InChI=1S/C18H20N4O/c1-2-3-4-5-12-8-17(23)20-15-6-7-16(21-18(12)15)22-11-13-9-14(22)10-19-13/h2-7,13-14,19H,1,8-11H2,(H,20,23)/b4-3-,12-5+. The Morgan fingerprint density at radius 1 is 1.35 bits per heavy atom. The number of amides is 1. The van der Waals surface area contributed by atoms with Crippen molar-refractivity contribution in [3.8, 4) is 0 Å². The number of hydrogen-bond donors (Lipinski definition) is 2. The molecule has 0 aromatic carbocycles. The summed E-state index contributed by atoms with van der Waals surface area (Å²) in [5.74, 6) is 1.02. The number of carbonyl (C=O) groups excluding carboxylic acids is 1. The molecule has 5 nitrogen and oxygen atoms in total. The van der Waals surface area contributed by atoms with E-state index in [4.69, 9.17) is 4.98 Å². The summed E-state index contributed by atoms with van der Waals surface area (Å²) >= 11 is 0. The van der Waals surface area contributed by atoms with Gasteiger partial charge in [0, 0.05) is 25.2 Å². The lowest BCUT2D eigenvalue weighted by atomic mass is 10.0. The molecule has 0 saturated carbocycles. The summed E-state index contributed by atoms with van der Waals surface area (Å²) in [7, 11) is 0. The van der Waals surface area contributed by atoms with Crippen LogP contribution in [0.5, 0.6) is 0 Å². The van der Waals surface area contributed by atoms with Crippen LogP contribution >= 0.6 is 0 Å². The van der Waals surface area contributed by atoms with Crippen LogP contribution in [0.4, 0.5) is 11.5 Å². The predicted molar refractivity (Wildman–Crippen MR) is 92.3 cm³/mol. The van der Waals surface area contributed by atoms with Crippen molar-refractivity contribution in [1.29, 1.82) is 0 Å². The summed E-state index contributed by atoms with van der Waals surface area (Å²) in [5.41, 5.74) is 2.63. The Morgan fingerprint density at radius 3 is 3.00 bits per heavy atom. The van der Waals surface area contributed by atoms with Gasteiger partial charge >= 0.3 is 0 Å². The molecule has 1 amide bonds. The van der Waals surface area contributed by atoms with Crippen molar-refractivity contribution < 1.29 is 4.79 Å². The summed E-state index contributed by atoms with van der Waals surface area (Å²) < 4.78 is 0. The highest BCUT2D eigenvalue weighted by Gasteiger charge is 2.38. The first-order valence-electron chi connectivity index (χ1n) is 8.04. The van der Waals surface area contributed by atoms with Crippen LogP contribution in [0.15, 0.2) is 43.0 Å². The number of carbonyl (C=O) groups is 1. The van der Waals surface area contributed by atoms with Gasteiger partial charge in [-0.3, -0.25) is 4.79 Å². The number of rotatable bonds is 3. The van der Waals surface area contributed by atoms with Gasteiger partial charge in [0.1, 0.15) is 5.82 Å². The Morgan fingerprint density at radius 2 is 2.26 bits per heavy atom. The quantitative estimate of drug-likeness (QED) is 0.840. The Bertz CT molecular complexity index is 722. The van der Waals surface area contributed by atoms with Crippen LogP contribution in [0.25, 0.3) is 5.57 Å². The van der Waals surface area contributed by atoms with Gasteiger partial charge in [-0.1, -0.05) is 30.9 Å². The van der Waals surface area contributed by atoms with Crippen molar-refractivity contribution >= 4 is 23.0 Å². The van der Waals surface area contributed by atoms with E-state index < -0.39 is 0 Å². The van der Waals surface area contributed by atoms with Gasteiger partial charge in [-0.05, 0) is 24.1 Å². The fourth-order valence-corrected chi connectivity index (χ4v) is 3.64. The Hall–Kier alpha value is -2.40. The molecule has 1 aromatic heterocycles. The molecule has 0 aliphatic carbocycles. The third-order valence-electron chi connectivity index (χ3n) is 4.71. The van der Waals surface area contributed by atoms with Crippen LogP contribution in [-0.2, 0) is 4.79 Å². The number of piperazine rings is 1. The van der Waals surface area contributed by atoms with Crippen molar-refractivity contribution in [1.82, 2.24) is 10.3 Å². The van der Waals surface area contributed by atoms with Gasteiger partial charge in [0.2, 0.25) is 5.91 Å². The van der Waals surface area contributed by atoms with E-state index in [1.54, 1.807) is 6.08 Å². The number of pyridine rings is 1. The molecule has 118 valence electrons. The molecule has 3 aliphatic heterocycles. The second kappa shape index (κ2) is 5.66. The zero-order valence-electron chi connectivity index (χ0n) is 13.0. The van der Waals surface area contributed by atoms with E-state index in [0.717, 1.165) is 35.9 Å². The fourth-order valence-electron chi connectivity index (χ4n) is 3.64. The Balaban J connectivity index is 1.69. The smallest absolute Gasteiger partial charge is 0.228 e. The van der Waals surface area contributed by atoms with E-state index >= 15 is 0 Å². The van der Waals surface area contributed by atoms with Crippen LogP contribution in [0.2, 0.25) is 0 Å². The maximum Gasteiger partial charge on any atom is 0.228 e. The van der Waals surface area contributed by atoms with Crippen molar-refractivity contribution in [3.63, 3.8) is 0 Å². The van der Waals surface area contributed by atoms with Crippen LogP contribution in [0.3, 0.4) is 0 Å². The Kier molecular flexibility index (Phi) is 3.50. The SMILES string of the molecule is C=C/C=C\C=C1/CC(=O)Nc2ccc(N3CC4CC3CN4)nc21. The van der Waals surface area contributed by atoms with E-state index in [9.17, 15) is 4.79 Å². The largest absolute Gasteiger partial charge is 0.351 e. The highest BCUT2D eigenvalue weighted by molar-refractivity contribution is 6.04. The molecule has 0 radical (unpaired) electrons. The lowest BCUT2D eigenvalue weighted by Crippen LogP contribution is -2.44. The lowest BCUT2D eigenvalue weighted by molar-refractivity contribution is -0.115. The minimum Gasteiger partial charge on any atom is -0.351 e. The lowest BCUT2D eigenvalue weighted by Gasteiger charge is -2.30. The minimum atomic E-state index is 0.00901. The first-order valence-corrected chi connectivity index (χ1v) is 8.04. The maximum absolute atomic E-state index is 11.9. The molecular formula is C18H20N4O. The van der Waals surface area contributed by atoms with Gasteiger partial charge in [-0.2, -0.15) is 0 Å². The summed E-state index contributed by atoms with van der Waals surface area (Å²) in [6.45, 7) is 5.71. The number of fused-ring (bicyclic) bond motifs is 3. The Labute approximate surface area is 135 Å². The average molecular weight is 308 g/mol. The molecule has 2 saturated heterocycles. The minimum absolute atomic E-state index is 0.00901. The number of aromatic nitrogens is 1. The molecule has 3 aliphatic rings. The van der Waals surface area contributed by atoms with Crippen LogP contribution < -0.4 is 15.5 Å².